The second-order valence-corrected chi connectivity index (χ2v) is 6.85. The highest BCUT2D eigenvalue weighted by Gasteiger charge is 2.35. The fourth-order valence-corrected chi connectivity index (χ4v) is 3.89. The molecule has 0 saturated carbocycles. The standard InChI is InChI=1S/C18H26N2O2/c1-19(2)18(22)13-7-9-20(10-8-13)16-11-14-5-3-4-6-15(14)12-17(16)21/h3-6,13,16-17,21H,7-12H2,1-2H3. The number of carbonyl (C=O) groups is 1. The van der Waals surface area contributed by atoms with Crippen LogP contribution < -0.4 is 0 Å². The first-order valence-corrected chi connectivity index (χ1v) is 8.26. The molecule has 1 heterocycles. The van der Waals surface area contributed by atoms with Crippen molar-refractivity contribution in [2.24, 2.45) is 5.92 Å². The summed E-state index contributed by atoms with van der Waals surface area (Å²) < 4.78 is 0. The molecule has 1 N–H and O–H groups in total. The SMILES string of the molecule is CN(C)C(=O)C1CCN(C2Cc3ccccc3CC2O)CC1. The minimum atomic E-state index is -0.295. The number of piperidine rings is 1. The molecule has 1 fully saturated rings. The maximum atomic E-state index is 12.1. The van der Waals surface area contributed by atoms with Gasteiger partial charge >= 0.3 is 0 Å². The van der Waals surface area contributed by atoms with Crippen LogP contribution >= 0.6 is 0 Å². The van der Waals surface area contributed by atoms with Crippen LogP contribution in [-0.2, 0) is 17.6 Å². The summed E-state index contributed by atoms with van der Waals surface area (Å²) >= 11 is 0. The number of aliphatic hydroxyl groups is 1. The van der Waals surface area contributed by atoms with Gasteiger partial charge in [0.2, 0.25) is 5.91 Å². The Kier molecular flexibility index (Phi) is 4.50. The molecule has 0 bridgehead atoms. The summed E-state index contributed by atoms with van der Waals surface area (Å²) in [6.07, 6.45) is 3.18. The van der Waals surface area contributed by atoms with Gasteiger partial charge in [0, 0.05) is 32.5 Å². The highest BCUT2D eigenvalue weighted by atomic mass is 16.3. The zero-order valence-corrected chi connectivity index (χ0v) is 13.5. The van der Waals surface area contributed by atoms with Gasteiger partial charge in [-0.05, 0) is 43.5 Å². The van der Waals surface area contributed by atoms with Crippen molar-refractivity contribution in [2.45, 2.75) is 37.8 Å². The van der Waals surface area contributed by atoms with Crippen LogP contribution in [0, 0.1) is 5.92 Å². The van der Waals surface area contributed by atoms with Gasteiger partial charge in [-0.2, -0.15) is 0 Å². The monoisotopic (exact) mass is 302 g/mol. The topological polar surface area (TPSA) is 43.8 Å². The van der Waals surface area contributed by atoms with Gasteiger partial charge in [-0.25, -0.2) is 0 Å². The molecule has 0 radical (unpaired) electrons. The molecule has 4 nitrogen and oxygen atoms in total. The molecule has 1 aromatic rings. The Bertz CT molecular complexity index is 536. The first kappa shape index (κ1) is 15.5. The number of amides is 1. The zero-order chi connectivity index (χ0) is 15.7. The number of hydrogen-bond acceptors (Lipinski definition) is 3. The van der Waals surface area contributed by atoms with Gasteiger partial charge in [-0.3, -0.25) is 9.69 Å². The van der Waals surface area contributed by atoms with Crippen molar-refractivity contribution in [1.82, 2.24) is 9.80 Å². The van der Waals surface area contributed by atoms with Gasteiger partial charge in [0.25, 0.3) is 0 Å². The number of nitrogens with zero attached hydrogens (tertiary/aromatic N) is 2. The Morgan fingerprint density at radius 1 is 1.14 bits per heavy atom. The lowest BCUT2D eigenvalue weighted by atomic mass is 9.84. The molecule has 1 saturated heterocycles. The van der Waals surface area contributed by atoms with Gasteiger partial charge < -0.3 is 10.0 Å². The van der Waals surface area contributed by atoms with E-state index in [4.69, 9.17) is 0 Å². The van der Waals surface area contributed by atoms with Crippen molar-refractivity contribution >= 4 is 5.91 Å². The predicted molar refractivity (Wildman–Crippen MR) is 86.6 cm³/mol. The fraction of sp³-hybridized carbons (Fsp3) is 0.611. The number of carbonyl (C=O) groups excluding carboxylic acids is 1. The molecular formula is C18H26N2O2. The van der Waals surface area contributed by atoms with Crippen molar-refractivity contribution < 1.29 is 9.90 Å². The van der Waals surface area contributed by atoms with Crippen molar-refractivity contribution in [3.05, 3.63) is 35.4 Å². The number of likely N-dealkylation sites (tertiary alicyclic amines) is 1. The Labute approximate surface area is 132 Å². The molecule has 22 heavy (non-hydrogen) atoms. The van der Waals surface area contributed by atoms with Gasteiger partial charge in [0.05, 0.1) is 6.10 Å². The van der Waals surface area contributed by atoms with Crippen molar-refractivity contribution in [2.75, 3.05) is 27.2 Å². The molecule has 2 unspecified atom stereocenters. The number of rotatable bonds is 2. The minimum absolute atomic E-state index is 0.152. The van der Waals surface area contributed by atoms with Crippen molar-refractivity contribution in [3.63, 3.8) is 0 Å². The number of aliphatic hydroxyl groups excluding tert-OH is 1. The summed E-state index contributed by atoms with van der Waals surface area (Å²) in [6, 6.07) is 8.62. The lowest BCUT2D eigenvalue weighted by Gasteiger charge is -2.42. The maximum Gasteiger partial charge on any atom is 0.225 e. The fourth-order valence-electron chi connectivity index (χ4n) is 3.89. The Morgan fingerprint density at radius 3 is 2.32 bits per heavy atom. The van der Waals surface area contributed by atoms with Crippen molar-refractivity contribution in [3.8, 4) is 0 Å². The largest absolute Gasteiger partial charge is 0.391 e. The summed E-state index contributed by atoms with van der Waals surface area (Å²) in [6.45, 7) is 1.82. The van der Waals surface area contributed by atoms with Gasteiger partial charge in [-0.15, -0.1) is 0 Å². The Morgan fingerprint density at radius 2 is 1.73 bits per heavy atom. The quantitative estimate of drug-likeness (QED) is 0.896. The molecule has 2 aliphatic rings. The van der Waals surface area contributed by atoms with E-state index in [1.54, 1.807) is 4.90 Å². The predicted octanol–water partition coefficient (Wildman–Crippen LogP) is 1.31. The van der Waals surface area contributed by atoms with E-state index in [0.717, 1.165) is 38.8 Å². The molecule has 1 aliphatic carbocycles. The Hall–Kier alpha value is -1.39. The number of benzene rings is 1. The van der Waals surface area contributed by atoms with Gasteiger partial charge in [0.15, 0.2) is 0 Å². The van der Waals surface area contributed by atoms with Gasteiger partial charge in [-0.1, -0.05) is 24.3 Å². The highest BCUT2D eigenvalue weighted by Crippen LogP contribution is 2.28. The average molecular weight is 302 g/mol. The van der Waals surface area contributed by atoms with Crippen LogP contribution in [0.3, 0.4) is 0 Å². The molecule has 1 amide bonds. The van der Waals surface area contributed by atoms with Crippen LogP contribution in [0.5, 0.6) is 0 Å². The third-order valence-electron chi connectivity index (χ3n) is 5.21. The van der Waals surface area contributed by atoms with E-state index in [-0.39, 0.29) is 24.0 Å². The first-order chi connectivity index (χ1) is 10.6. The summed E-state index contributed by atoms with van der Waals surface area (Å²) in [5, 5.41) is 10.5. The normalized spacial score (nSPS) is 26.5. The third kappa shape index (κ3) is 3.03. The average Bonchev–Trinajstić information content (AvgIpc) is 2.53. The molecule has 4 heteroatoms. The lowest BCUT2D eigenvalue weighted by molar-refractivity contribution is -0.134. The lowest BCUT2D eigenvalue weighted by Crippen LogP contribution is -2.52. The zero-order valence-electron chi connectivity index (χ0n) is 13.5. The molecular weight excluding hydrogens is 276 g/mol. The minimum Gasteiger partial charge on any atom is -0.391 e. The summed E-state index contributed by atoms with van der Waals surface area (Å²) in [4.78, 5) is 16.2. The van der Waals surface area contributed by atoms with Crippen LogP contribution in [0.4, 0.5) is 0 Å². The number of fused-ring (bicyclic) bond motifs is 1. The second-order valence-electron chi connectivity index (χ2n) is 6.85. The molecule has 1 aliphatic heterocycles. The van der Waals surface area contributed by atoms with E-state index in [0.29, 0.717) is 0 Å². The third-order valence-corrected chi connectivity index (χ3v) is 5.21. The van der Waals surface area contributed by atoms with Crippen LogP contribution in [0.25, 0.3) is 0 Å². The number of hydrogen-bond donors (Lipinski definition) is 1. The van der Waals surface area contributed by atoms with E-state index < -0.39 is 0 Å². The molecule has 0 aromatic heterocycles. The van der Waals surface area contributed by atoms with Crippen LogP contribution in [0.15, 0.2) is 24.3 Å². The molecule has 120 valence electrons. The molecule has 2 atom stereocenters. The van der Waals surface area contributed by atoms with Gasteiger partial charge in [0.1, 0.15) is 0 Å². The van der Waals surface area contributed by atoms with Crippen molar-refractivity contribution in [1.29, 1.82) is 0 Å². The van der Waals surface area contributed by atoms with Crippen LogP contribution in [0.1, 0.15) is 24.0 Å². The van der Waals surface area contributed by atoms with E-state index in [1.807, 2.05) is 20.2 Å². The molecule has 1 aromatic carbocycles. The second kappa shape index (κ2) is 6.39. The van der Waals surface area contributed by atoms with E-state index in [9.17, 15) is 9.90 Å². The van der Waals surface area contributed by atoms with E-state index >= 15 is 0 Å². The van der Waals surface area contributed by atoms with E-state index in [2.05, 4.69) is 23.1 Å². The summed E-state index contributed by atoms with van der Waals surface area (Å²) in [7, 11) is 3.66. The van der Waals surface area contributed by atoms with E-state index in [1.165, 1.54) is 11.1 Å². The molecule has 3 rings (SSSR count). The molecule has 0 spiro atoms. The maximum absolute atomic E-state index is 12.1. The summed E-state index contributed by atoms with van der Waals surface area (Å²) in [5.41, 5.74) is 2.65. The van der Waals surface area contributed by atoms with Crippen LogP contribution in [-0.4, -0.2) is 60.1 Å². The Balaban J connectivity index is 1.63. The first-order valence-electron chi connectivity index (χ1n) is 8.26. The smallest absolute Gasteiger partial charge is 0.225 e. The summed E-state index contributed by atoms with van der Waals surface area (Å²) in [5.74, 6) is 0.397. The van der Waals surface area contributed by atoms with Crippen LogP contribution in [0.2, 0.25) is 0 Å². The highest BCUT2D eigenvalue weighted by molar-refractivity contribution is 5.78.